The van der Waals surface area contributed by atoms with Crippen molar-refractivity contribution in [1.82, 2.24) is 0 Å². The van der Waals surface area contributed by atoms with Crippen LogP contribution in [0.1, 0.15) is 17.5 Å². The zero-order chi connectivity index (χ0) is 13.5. The highest BCUT2D eigenvalue weighted by atomic mass is 16.3. The number of benzene rings is 2. The molecule has 0 unspecified atom stereocenters. The van der Waals surface area contributed by atoms with Crippen LogP contribution >= 0.6 is 0 Å². The van der Waals surface area contributed by atoms with Crippen LogP contribution in [-0.2, 0) is 17.8 Å². The second-order valence-electron chi connectivity index (χ2n) is 4.39. The smallest absolute Gasteiger partial charge is 0.224 e. The number of anilines is 1. The summed E-state index contributed by atoms with van der Waals surface area (Å²) in [5.41, 5.74) is 2.76. The Hall–Kier alpha value is -2.13. The summed E-state index contributed by atoms with van der Waals surface area (Å²) >= 11 is 0. The van der Waals surface area contributed by atoms with Crippen molar-refractivity contribution in [3.63, 3.8) is 0 Å². The number of hydrogen-bond acceptors (Lipinski definition) is 2. The van der Waals surface area contributed by atoms with E-state index in [0.29, 0.717) is 6.42 Å². The predicted octanol–water partition coefficient (Wildman–Crippen LogP) is 2.75. The lowest BCUT2D eigenvalue weighted by Crippen LogP contribution is -2.12. The van der Waals surface area contributed by atoms with Crippen molar-refractivity contribution in [3.05, 3.63) is 65.7 Å². The van der Waals surface area contributed by atoms with Gasteiger partial charge in [0.2, 0.25) is 5.91 Å². The van der Waals surface area contributed by atoms with Crippen molar-refractivity contribution >= 4 is 11.6 Å². The fourth-order valence-electron chi connectivity index (χ4n) is 1.82. The summed E-state index contributed by atoms with van der Waals surface area (Å²) in [7, 11) is 0. The molecule has 1 amide bonds. The van der Waals surface area contributed by atoms with Gasteiger partial charge in [0.05, 0.1) is 6.61 Å². The quantitative estimate of drug-likeness (QED) is 0.863. The van der Waals surface area contributed by atoms with E-state index in [4.69, 9.17) is 5.11 Å². The van der Waals surface area contributed by atoms with E-state index in [0.717, 1.165) is 23.2 Å². The third-order valence-corrected chi connectivity index (χ3v) is 2.90. The highest BCUT2D eigenvalue weighted by molar-refractivity contribution is 5.90. The molecule has 0 aliphatic heterocycles. The summed E-state index contributed by atoms with van der Waals surface area (Å²) in [5.74, 6) is 0.000557. The Morgan fingerprint density at radius 2 is 1.63 bits per heavy atom. The molecule has 98 valence electrons. The van der Waals surface area contributed by atoms with Crippen LogP contribution in [0.4, 0.5) is 5.69 Å². The van der Waals surface area contributed by atoms with E-state index in [1.807, 2.05) is 30.3 Å². The van der Waals surface area contributed by atoms with Crippen molar-refractivity contribution < 1.29 is 9.90 Å². The Morgan fingerprint density at radius 1 is 0.947 bits per heavy atom. The molecule has 3 nitrogen and oxygen atoms in total. The van der Waals surface area contributed by atoms with Gasteiger partial charge in [-0.2, -0.15) is 0 Å². The van der Waals surface area contributed by atoms with Crippen molar-refractivity contribution in [2.75, 3.05) is 5.32 Å². The lowest BCUT2D eigenvalue weighted by atomic mass is 10.1. The van der Waals surface area contributed by atoms with Gasteiger partial charge in [0.15, 0.2) is 0 Å². The van der Waals surface area contributed by atoms with Gasteiger partial charge in [-0.15, -0.1) is 0 Å². The number of amides is 1. The van der Waals surface area contributed by atoms with Crippen LogP contribution in [0.25, 0.3) is 0 Å². The maximum atomic E-state index is 11.8. The van der Waals surface area contributed by atoms with Gasteiger partial charge in [-0.05, 0) is 29.7 Å². The number of carbonyl (C=O) groups excluding carboxylic acids is 1. The second-order valence-corrected chi connectivity index (χ2v) is 4.39. The van der Waals surface area contributed by atoms with Gasteiger partial charge < -0.3 is 10.4 Å². The first-order chi connectivity index (χ1) is 9.28. The third kappa shape index (κ3) is 4.23. The van der Waals surface area contributed by atoms with Gasteiger partial charge in [-0.1, -0.05) is 42.5 Å². The largest absolute Gasteiger partial charge is 0.392 e. The standard InChI is InChI=1S/C16H17NO2/c18-12-14-6-9-15(10-7-14)17-16(19)11-8-13-4-2-1-3-5-13/h1-7,9-10,18H,8,11-12H2,(H,17,19). The van der Waals surface area contributed by atoms with E-state index in [9.17, 15) is 4.79 Å². The number of nitrogens with one attached hydrogen (secondary N) is 1. The van der Waals surface area contributed by atoms with Crippen LogP contribution in [0.2, 0.25) is 0 Å². The molecule has 2 N–H and O–H groups in total. The zero-order valence-corrected chi connectivity index (χ0v) is 10.7. The van der Waals surface area contributed by atoms with Gasteiger partial charge in [0, 0.05) is 12.1 Å². The molecule has 0 radical (unpaired) electrons. The van der Waals surface area contributed by atoms with E-state index in [2.05, 4.69) is 5.32 Å². The topological polar surface area (TPSA) is 49.3 Å². The monoisotopic (exact) mass is 255 g/mol. The molecule has 3 heteroatoms. The molecule has 0 bridgehead atoms. The van der Waals surface area contributed by atoms with Crippen LogP contribution in [0.15, 0.2) is 54.6 Å². The summed E-state index contributed by atoms with van der Waals surface area (Å²) in [6.45, 7) is 0.0161. The van der Waals surface area contributed by atoms with E-state index in [1.54, 1.807) is 24.3 Å². The maximum Gasteiger partial charge on any atom is 0.224 e. The molecule has 0 aliphatic carbocycles. The molecule has 0 saturated carbocycles. The minimum absolute atomic E-state index is 0.000557. The highest BCUT2D eigenvalue weighted by Gasteiger charge is 2.03. The van der Waals surface area contributed by atoms with E-state index >= 15 is 0 Å². The van der Waals surface area contributed by atoms with Gasteiger partial charge in [0.1, 0.15) is 0 Å². The normalized spacial score (nSPS) is 10.2. The summed E-state index contributed by atoms with van der Waals surface area (Å²) in [6, 6.07) is 17.1. The Kier molecular flexibility index (Phi) is 4.70. The molecule has 0 fully saturated rings. The summed E-state index contributed by atoms with van der Waals surface area (Å²) in [5, 5.41) is 11.8. The van der Waals surface area contributed by atoms with Crippen LogP contribution in [0, 0.1) is 0 Å². The molecule has 2 aromatic rings. The van der Waals surface area contributed by atoms with Gasteiger partial charge in [-0.25, -0.2) is 0 Å². The van der Waals surface area contributed by atoms with Crippen molar-refractivity contribution in [1.29, 1.82) is 0 Å². The molecule has 0 aliphatic rings. The van der Waals surface area contributed by atoms with Crippen LogP contribution in [0.3, 0.4) is 0 Å². The van der Waals surface area contributed by atoms with Gasteiger partial charge >= 0.3 is 0 Å². The van der Waals surface area contributed by atoms with Gasteiger partial charge in [-0.3, -0.25) is 4.79 Å². The average Bonchev–Trinajstić information content (AvgIpc) is 2.47. The van der Waals surface area contributed by atoms with Gasteiger partial charge in [0.25, 0.3) is 0 Å². The Labute approximate surface area is 112 Å². The molecule has 0 spiro atoms. The lowest BCUT2D eigenvalue weighted by molar-refractivity contribution is -0.116. The Balaban J connectivity index is 1.83. The number of aryl methyl sites for hydroxylation is 1. The Morgan fingerprint density at radius 3 is 2.26 bits per heavy atom. The molecule has 19 heavy (non-hydrogen) atoms. The van der Waals surface area contributed by atoms with Crippen molar-refractivity contribution in [2.45, 2.75) is 19.4 Å². The predicted molar refractivity (Wildman–Crippen MR) is 75.8 cm³/mol. The van der Waals surface area contributed by atoms with E-state index in [1.165, 1.54) is 0 Å². The molecule has 2 rings (SSSR count). The molecule has 0 aromatic heterocycles. The SMILES string of the molecule is O=C(CCc1ccccc1)Nc1ccc(CO)cc1. The average molecular weight is 255 g/mol. The fourth-order valence-corrected chi connectivity index (χ4v) is 1.82. The lowest BCUT2D eigenvalue weighted by Gasteiger charge is -2.06. The molecular weight excluding hydrogens is 238 g/mol. The fraction of sp³-hybridized carbons (Fsp3) is 0.188. The highest BCUT2D eigenvalue weighted by Crippen LogP contribution is 2.10. The first kappa shape index (κ1) is 13.3. The first-order valence-electron chi connectivity index (χ1n) is 6.31. The molecule has 0 heterocycles. The number of hydrogen-bond donors (Lipinski definition) is 2. The summed E-state index contributed by atoms with van der Waals surface area (Å²) in [6.07, 6.45) is 1.20. The number of aliphatic hydroxyl groups is 1. The van der Waals surface area contributed by atoms with E-state index in [-0.39, 0.29) is 12.5 Å². The second kappa shape index (κ2) is 6.71. The minimum Gasteiger partial charge on any atom is -0.392 e. The first-order valence-corrected chi connectivity index (χ1v) is 6.31. The van der Waals surface area contributed by atoms with Crippen LogP contribution in [0.5, 0.6) is 0 Å². The number of rotatable bonds is 5. The summed E-state index contributed by atoms with van der Waals surface area (Å²) in [4.78, 5) is 11.8. The molecule has 0 atom stereocenters. The molecular formula is C16H17NO2. The zero-order valence-electron chi connectivity index (χ0n) is 10.7. The summed E-state index contributed by atoms with van der Waals surface area (Å²) < 4.78 is 0. The number of carbonyl (C=O) groups is 1. The maximum absolute atomic E-state index is 11.8. The molecule has 2 aromatic carbocycles. The van der Waals surface area contributed by atoms with Crippen molar-refractivity contribution in [3.8, 4) is 0 Å². The molecule has 0 saturated heterocycles. The third-order valence-electron chi connectivity index (χ3n) is 2.90. The van der Waals surface area contributed by atoms with E-state index < -0.39 is 0 Å². The van der Waals surface area contributed by atoms with Crippen molar-refractivity contribution in [2.24, 2.45) is 0 Å². The Bertz CT molecular complexity index is 520. The number of aliphatic hydroxyl groups excluding tert-OH is 1. The minimum atomic E-state index is 0.000557. The van der Waals surface area contributed by atoms with Crippen LogP contribution in [-0.4, -0.2) is 11.0 Å². The van der Waals surface area contributed by atoms with Crippen LogP contribution < -0.4 is 5.32 Å².